The van der Waals surface area contributed by atoms with Gasteiger partial charge in [0.25, 0.3) is 0 Å². The predicted octanol–water partition coefficient (Wildman–Crippen LogP) is 2.99. The Bertz CT molecular complexity index is 1030. The van der Waals surface area contributed by atoms with Crippen molar-refractivity contribution in [2.24, 2.45) is 11.0 Å². The van der Waals surface area contributed by atoms with Crippen LogP contribution in [0.3, 0.4) is 0 Å². The number of rotatable bonds is 3. The largest absolute Gasteiger partial charge is 0.471 e. The van der Waals surface area contributed by atoms with E-state index in [-0.39, 0.29) is 37.8 Å². The first-order valence-electron chi connectivity index (χ1n) is 10.0. The van der Waals surface area contributed by atoms with Crippen LogP contribution in [0, 0.1) is 5.92 Å². The quantitative estimate of drug-likeness (QED) is 0.807. The van der Waals surface area contributed by atoms with E-state index in [9.17, 15) is 22.8 Å². The summed E-state index contributed by atoms with van der Waals surface area (Å²) in [6, 6.07) is 7.84. The molecule has 2 amide bonds. The van der Waals surface area contributed by atoms with Crippen molar-refractivity contribution in [3.05, 3.63) is 36.0 Å². The summed E-state index contributed by atoms with van der Waals surface area (Å²) in [5.41, 5.74) is 1.12. The minimum absolute atomic E-state index is 0.0949. The lowest BCUT2D eigenvalue weighted by Crippen LogP contribution is -2.46. The molecule has 164 valence electrons. The highest BCUT2D eigenvalue weighted by Gasteiger charge is 2.43. The van der Waals surface area contributed by atoms with Gasteiger partial charge in [-0.05, 0) is 29.9 Å². The van der Waals surface area contributed by atoms with Gasteiger partial charge in [-0.25, -0.2) is 4.98 Å². The molecule has 10 heteroatoms. The summed E-state index contributed by atoms with van der Waals surface area (Å²) >= 11 is 0. The highest BCUT2D eigenvalue weighted by atomic mass is 19.4. The van der Waals surface area contributed by atoms with Crippen LogP contribution in [0.2, 0.25) is 0 Å². The number of halogens is 3. The molecule has 3 heterocycles. The summed E-state index contributed by atoms with van der Waals surface area (Å²) in [7, 11) is 1.92. The van der Waals surface area contributed by atoms with Crippen molar-refractivity contribution in [3.63, 3.8) is 0 Å². The average molecular weight is 433 g/mol. The number of alkyl halides is 3. The van der Waals surface area contributed by atoms with E-state index in [0.717, 1.165) is 27.8 Å². The molecule has 31 heavy (non-hydrogen) atoms. The first-order valence-corrected chi connectivity index (χ1v) is 10.0. The van der Waals surface area contributed by atoms with Crippen LogP contribution in [-0.4, -0.2) is 65.8 Å². The van der Waals surface area contributed by atoms with Crippen molar-refractivity contribution in [2.45, 2.75) is 24.9 Å². The Morgan fingerprint density at radius 3 is 2.52 bits per heavy atom. The number of aromatic nitrogens is 1. The SMILES string of the molecule is CN1CC(c2ccc3cnc(NC(=O)C4CCN(C(=O)C(F)(F)F)CC4)cc3c2)C=N1. The van der Waals surface area contributed by atoms with E-state index in [1.54, 1.807) is 12.3 Å². The monoisotopic (exact) mass is 433 g/mol. The van der Waals surface area contributed by atoms with Gasteiger partial charge in [0, 0.05) is 56.3 Å². The van der Waals surface area contributed by atoms with Gasteiger partial charge in [0.15, 0.2) is 0 Å². The molecule has 2 aliphatic rings. The number of pyridine rings is 1. The Hall–Kier alpha value is -3.17. The Morgan fingerprint density at radius 1 is 1.13 bits per heavy atom. The summed E-state index contributed by atoms with van der Waals surface area (Å²) in [6.45, 7) is 0.611. The maximum Gasteiger partial charge on any atom is 0.471 e. The second-order valence-corrected chi connectivity index (χ2v) is 7.94. The fourth-order valence-corrected chi connectivity index (χ4v) is 3.98. The minimum atomic E-state index is -4.89. The summed E-state index contributed by atoms with van der Waals surface area (Å²) in [4.78, 5) is 29.0. The van der Waals surface area contributed by atoms with Crippen molar-refractivity contribution in [2.75, 3.05) is 32.0 Å². The van der Waals surface area contributed by atoms with Crippen LogP contribution >= 0.6 is 0 Å². The third kappa shape index (κ3) is 4.62. The van der Waals surface area contributed by atoms with Crippen LogP contribution < -0.4 is 5.32 Å². The molecule has 0 spiro atoms. The van der Waals surface area contributed by atoms with E-state index in [4.69, 9.17) is 0 Å². The summed E-state index contributed by atoms with van der Waals surface area (Å²) in [5, 5.41) is 10.8. The molecule has 1 fully saturated rings. The molecule has 1 atom stereocenters. The molecule has 2 aromatic rings. The molecule has 4 rings (SSSR count). The number of hydrogen-bond donors (Lipinski definition) is 1. The molecular weight excluding hydrogens is 411 g/mol. The zero-order valence-corrected chi connectivity index (χ0v) is 16.9. The number of nitrogens with zero attached hydrogens (tertiary/aromatic N) is 4. The number of likely N-dealkylation sites (N-methyl/N-ethyl adjacent to an activating group) is 1. The van der Waals surface area contributed by atoms with E-state index in [1.165, 1.54) is 0 Å². The molecule has 0 bridgehead atoms. The van der Waals surface area contributed by atoms with Gasteiger partial charge in [-0.15, -0.1) is 0 Å². The maximum atomic E-state index is 12.6. The number of carbonyl (C=O) groups is 2. The second kappa shape index (κ2) is 8.16. The lowest BCUT2D eigenvalue weighted by molar-refractivity contribution is -0.186. The number of carbonyl (C=O) groups excluding carboxylic acids is 2. The van der Waals surface area contributed by atoms with Crippen LogP contribution in [0.1, 0.15) is 24.3 Å². The summed E-state index contributed by atoms with van der Waals surface area (Å²) in [5.74, 6) is -2.03. The van der Waals surface area contributed by atoms with Gasteiger partial charge in [-0.2, -0.15) is 18.3 Å². The average Bonchev–Trinajstić information content (AvgIpc) is 3.18. The van der Waals surface area contributed by atoms with Gasteiger partial charge in [0.2, 0.25) is 5.91 Å². The highest BCUT2D eigenvalue weighted by molar-refractivity contribution is 5.94. The maximum absolute atomic E-state index is 12.6. The van der Waals surface area contributed by atoms with E-state index in [2.05, 4.69) is 15.4 Å². The number of fused-ring (bicyclic) bond motifs is 1. The van der Waals surface area contributed by atoms with E-state index < -0.39 is 18.0 Å². The van der Waals surface area contributed by atoms with Crippen molar-refractivity contribution in [3.8, 4) is 0 Å². The number of benzene rings is 1. The lowest BCUT2D eigenvalue weighted by atomic mass is 9.95. The van der Waals surface area contributed by atoms with Crippen molar-refractivity contribution in [1.29, 1.82) is 0 Å². The highest BCUT2D eigenvalue weighted by Crippen LogP contribution is 2.27. The van der Waals surface area contributed by atoms with Gasteiger partial charge in [0.05, 0.1) is 0 Å². The number of piperidine rings is 1. The van der Waals surface area contributed by atoms with E-state index in [0.29, 0.717) is 5.82 Å². The normalized spacial score (nSPS) is 19.8. The number of anilines is 1. The molecule has 1 aromatic carbocycles. The Morgan fingerprint density at radius 2 is 1.87 bits per heavy atom. The lowest BCUT2D eigenvalue weighted by Gasteiger charge is -2.31. The van der Waals surface area contributed by atoms with Crippen LogP contribution in [0.4, 0.5) is 19.0 Å². The smallest absolute Gasteiger partial charge is 0.335 e. The van der Waals surface area contributed by atoms with Gasteiger partial charge < -0.3 is 10.2 Å². The number of amides is 2. The Balaban J connectivity index is 1.41. The Kier molecular flexibility index (Phi) is 5.55. The number of hydrogen-bond acceptors (Lipinski definition) is 5. The van der Waals surface area contributed by atoms with Crippen LogP contribution in [-0.2, 0) is 9.59 Å². The molecule has 2 aliphatic heterocycles. The molecule has 0 radical (unpaired) electrons. The summed E-state index contributed by atoms with van der Waals surface area (Å²) < 4.78 is 37.7. The fourth-order valence-electron chi connectivity index (χ4n) is 3.98. The molecule has 0 aliphatic carbocycles. The van der Waals surface area contributed by atoms with Crippen molar-refractivity contribution >= 4 is 34.6 Å². The van der Waals surface area contributed by atoms with Gasteiger partial charge in [0.1, 0.15) is 5.82 Å². The van der Waals surface area contributed by atoms with Crippen LogP contribution in [0.15, 0.2) is 35.6 Å². The van der Waals surface area contributed by atoms with Crippen LogP contribution in [0.25, 0.3) is 10.8 Å². The van der Waals surface area contributed by atoms with Gasteiger partial charge >= 0.3 is 12.1 Å². The van der Waals surface area contributed by atoms with Crippen molar-refractivity contribution in [1.82, 2.24) is 14.9 Å². The Labute approximate surface area is 176 Å². The molecular formula is C21H22F3N5O2. The number of nitrogens with one attached hydrogen (secondary N) is 1. The zero-order chi connectivity index (χ0) is 22.2. The number of likely N-dealkylation sites (tertiary alicyclic amines) is 1. The molecule has 7 nitrogen and oxygen atoms in total. The second-order valence-electron chi connectivity index (χ2n) is 7.94. The fraction of sp³-hybridized carbons (Fsp3) is 0.429. The minimum Gasteiger partial charge on any atom is -0.335 e. The summed E-state index contributed by atoms with van der Waals surface area (Å²) in [6.07, 6.45) is -0.947. The van der Waals surface area contributed by atoms with Crippen LogP contribution in [0.5, 0.6) is 0 Å². The first-order chi connectivity index (χ1) is 14.7. The molecule has 1 N–H and O–H groups in total. The van der Waals surface area contributed by atoms with E-state index in [1.807, 2.05) is 36.5 Å². The zero-order valence-electron chi connectivity index (χ0n) is 16.9. The van der Waals surface area contributed by atoms with E-state index >= 15 is 0 Å². The molecule has 0 saturated carbocycles. The molecule has 1 saturated heterocycles. The predicted molar refractivity (Wildman–Crippen MR) is 110 cm³/mol. The van der Waals surface area contributed by atoms with Gasteiger partial charge in [-0.1, -0.05) is 18.2 Å². The number of hydrazone groups is 1. The third-order valence-corrected chi connectivity index (χ3v) is 5.73. The standard InChI is InChI=1S/C21H22F3N5O2/c1-28-12-17(11-26-28)14-2-3-15-10-25-18(9-16(15)8-14)27-19(30)13-4-6-29(7-5-13)20(31)21(22,23)24/h2-3,8-11,13,17H,4-7,12H2,1H3,(H,25,27,30). The molecule has 1 aromatic heterocycles. The topological polar surface area (TPSA) is 77.9 Å². The first kappa shape index (κ1) is 21.1. The van der Waals surface area contributed by atoms with Gasteiger partial charge in [-0.3, -0.25) is 14.6 Å². The van der Waals surface area contributed by atoms with Crippen molar-refractivity contribution < 1.29 is 22.8 Å². The third-order valence-electron chi connectivity index (χ3n) is 5.73. The molecule has 1 unspecified atom stereocenters.